The van der Waals surface area contributed by atoms with E-state index >= 15 is 0 Å². The molecule has 20 heavy (non-hydrogen) atoms. The number of nitrogens with zero attached hydrogens (tertiary/aromatic N) is 1. The summed E-state index contributed by atoms with van der Waals surface area (Å²) in [7, 11) is 0. The average molecular weight is 275 g/mol. The normalized spacial score (nSPS) is 22.5. The maximum absolute atomic E-state index is 12.2. The molecule has 1 aliphatic rings. The number of rotatable bonds is 5. The third kappa shape index (κ3) is 4.04. The highest BCUT2D eigenvalue weighted by Crippen LogP contribution is 2.27. The summed E-state index contributed by atoms with van der Waals surface area (Å²) in [5.41, 5.74) is 6.97. The molecule has 0 radical (unpaired) electrons. The van der Waals surface area contributed by atoms with E-state index in [4.69, 9.17) is 5.73 Å². The molecule has 1 aliphatic carbocycles. The van der Waals surface area contributed by atoms with Crippen molar-refractivity contribution in [3.63, 3.8) is 0 Å². The minimum absolute atomic E-state index is 0.000964. The molecule has 0 bridgehead atoms. The smallest absolute Gasteiger partial charge is 0.251 e. The van der Waals surface area contributed by atoms with Crippen LogP contribution in [0, 0.1) is 5.92 Å². The summed E-state index contributed by atoms with van der Waals surface area (Å²) in [5, 5.41) is 3.14. The van der Waals surface area contributed by atoms with Crippen LogP contribution in [-0.2, 0) is 6.54 Å². The first-order chi connectivity index (χ1) is 9.72. The van der Waals surface area contributed by atoms with E-state index in [1.807, 2.05) is 0 Å². The number of aromatic nitrogens is 1. The molecule has 110 valence electrons. The molecule has 1 aromatic heterocycles. The summed E-state index contributed by atoms with van der Waals surface area (Å²) in [6.45, 7) is 2.61. The Balaban J connectivity index is 1.86. The van der Waals surface area contributed by atoms with Crippen LogP contribution in [0.25, 0.3) is 0 Å². The first kappa shape index (κ1) is 15.0. The van der Waals surface area contributed by atoms with Crippen LogP contribution in [-0.4, -0.2) is 16.9 Å². The van der Waals surface area contributed by atoms with Crippen LogP contribution in [0.1, 0.15) is 61.5 Å². The van der Waals surface area contributed by atoms with Gasteiger partial charge < -0.3 is 11.1 Å². The van der Waals surface area contributed by atoms with Crippen LogP contribution >= 0.6 is 0 Å². The van der Waals surface area contributed by atoms with Crippen LogP contribution in [0.2, 0.25) is 0 Å². The second-order valence-corrected chi connectivity index (χ2v) is 5.72. The molecule has 0 spiro atoms. The van der Waals surface area contributed by atoms with Gasteiger partial charge in [0, 0.05) is 24.3 Å². The highest BCUT2D eigenvalue weighted by Gasteiger charge is 2.22. The minimum Gasteiger partial charge on any atom is -0.349 e. The van der Waals surface area contributed by atoms with Crippen molar-refractivity contribution in [1.82, 2.24) is 10.3 Å². The molecule has 0 unspecified atom stereocenters. The fourth-order valence-corrected chi connectivity index (χ4v) is 3.00. The van der Waals surface area contributed by atoms with Gasteiger partial charge in [0.15, 0.2) is 0 Å². The van der Waals surface area contributed by atoms with Gasteiger partial charge in [0.05, 0.1) is 5.69 Å². The number of carbonyl (C=O) groups is 1. The molecule has 1 fully saturated rings. The van der Waals surface area contributed by atoms with Crippen molar-refractivity contribution in [2.45, 2.75) is 58.0 Å². The van der Waals surface area contributed by atoms with Crippen molar-refractivity contribution in [3.05, 3.63) is 29.6 Å². The predicted molar refractivity (Wildman–Crippen MR) is 80.2 cm³/mol. The van der Waals surface area contributed by atoms with E-state index in [9.17, 15) is 4.79 Å². The number of hydrogen-bond acceptors (Lipinski definition) is 3. The predicted octanol–water partition coefficient (Wildman–Crippen LogP) is 2.63. The molecule has 1 saturated carbocycles. The Morgan fingerprint density at radius 1 is 1.40 bits per heavy atom. The molecule has 0 saturated heterocycles. The maximum atomic E-state index is 12.2. The summed E-state index contributed by atoms with van der Waals surface area (Å²) in [4.78, 5) is 16.3. The van der Waals surface area contributed by atoms with Crippen molar-refractivity contribution in [2.24, 2.45) is 11.7 Å². The van der Waals surface area contributed by atoms with E-state index in [2.05, 4.69) is 17.2 Å². The molecular weight excluding hydrogens is 250 g/mol. The number of carbonyl (C=O) groups excluding carboxylic acids is 1. The fraction of sp³-hybridized carbons (Fsp3) is 0.625. The zero-order valence-electron chi connectivity index (χ0n) is 12.3. The van der Waals surface area contributed by atoms with Crippen molar-refractivity contribution in [1.29, 1.82) is 0 Å². The van der Waals surface area contributed by atoms with Gasteiger partial charge in [-0.15, -0.1) is 0 Å². The Morgan fingerprint density at radius 2 is 2.15 bits per heavy atom. The third-order valence-electron chi connectivity index (χ3n) is 4.17. The van der Waals surface area contributed by atoms with Gasteiger partial charge in [0.2, 0.25) is 0 Å². The van der Waals surface area contributed by atoms with E-state index in [0.29, 0.717) is 18.2 Å². The van der Waals surface area contributed by atoms with Crippen molar-refractivity contribution in [3.8, 4) is 0 Å². The second kappa shape index (κ2) is 7.39. The van der Waals surface area contributed by atoms with E-state index in [1.54, 1.807) is 18.3 Å². The molecule has 0 atom stereocenters. The number of amides is 1. The van der Waals surface area contributed by atoms with E-state index < -0.39 is 0 Å². The summed E-state index contributed by atoms with van der Waals surface area (Å²) in [6.07, 6.45) is 8.92. The Kier molecular flexibility index (Phi) is 5.53. The van der Waals surface area contributed by atoms with Crippen LogP contribution in [0.4, 0.5) is 0 Å². The molecule has 4 nitrogen and oxygen atoms in total. The average Bonchev–Trinajstić information content (AvgIpc) is 2.49. The molecule has 4 heteroatoms. The zero-order valence-corrected chi connectivity index (χ0v) is 12.3. The molecule has 1 heterocycles. The summed E-state index contributed by atoms with van der Waals surface area (Å²) in [5.74, 6) is 0.860. The molecule has 1 amide bonds. The lowest BCUT2D eigenvalue weighted by molar-refractivity contribution is 0.0921. The quantitative estimate of drug-likeness (QED) is 0.868. The topological polar surface area (TPSA) is 68.0 Å². The van der Waals surface area contributed by atoms with Crippen molar-refractivity contribution < 1.29 is 4.79 Å². The lowest BCUT2D eigenvalue weighted by Crippen LogP contribution is -2.37. The van der Waals surface area contributed by atoms with Gasteiger partial charge in [0.25, 0.3) is 5.91 Å². The number of pyridine rings is 1. The van der Waals surface area contributed by atoms with Gasteiger partial charge in [0.1, 0.15) is 0 Å². The largest absolute Gasteiger partial charge is 0.349 e. The minimum atomic E-state index is 0.000964. The number of nitrogens with one attached hydrogen (secondary N) is 1. The monoisotopic (exact) mass is 275 g/mol. The molecule has 3 N–H and O–H groups in total. The van der Waals surface area contributed by atoms with Crippen LogP contribution < -0.4 is 11.1 Å². The Hall–Kier alpha value is -1.42. The number of nitrogens with two attached hydrogens (primary N) is 1. The third-order valence-corrected chi connectivity index (χ3v) is 4.17. The second-order valence-electron chi connectivity index (χ2n) is 5.72. The standard InChI is InChI=1S/C16H25N3O/c1-2-3-12-4-6-14(7-5-12)19-16(20)13-8-9-18-15(10-13)11-17/h8-10,12,14H,2-7,11,17H2,1H3,(H,19,20). The van der Waals surface area contributed by atoms with Gasteiger partial charge in [-0.1, -0.05) is 19.8 Å². The Bertz CT molecular complexity index is 439. The van der Waals surface area contributed by atoms with Gasteiger partial charge in [-0.05, 0) is 43.7 Å². The summed E-state index contributed by atoms with van der Waals surface area (Å²) in [6, 6.07) is 3.85. The van der Waals surface area contributed by atoms with Gasteiger partial charge >= 0.3 is 0 Å². The van der Waals surface area contributed by atoms with Crippen molar-refractivity contribution in [2.75, 3.05) is 0 Å². The number of hydrogen-bond donors (Lipinski definition) is 2. The zero-order chi connectivity index (χ0) is 14.4. The Morgan fingerprint density at radius 3 is 2.80 bits per heavy atom. The van der Waals surface area contributed by atoms with Gasteiger partial charge in [-0.3, -0.25) is 9.78 Å². The SMILES string of the molecule is CCCC1CCC(NC(=O)c2ccnc(CN)c2)CC1. The molecule has 2 rings (SSSR count). The fourth-order valence-electron chi connectivity index (χ4n) is 3.00. The van der Waals surface area contributed by atoms with Gasteiger partial charge in [-0.2, -0.15) is 0 Å². The van der Waals surface area contributed by atoms with E-state index in [-0.39, 0.29) is 5.91 Å². The summed E-state index contributed by atoms with van der Waals surface area (Å²) >= 11 is 0. The van der Waals surface area contributed by atoms with E-state index in [0.717, 1.165) is 24.5 Å². The molecular formula is C16H25N3O. The first-order valence-electron chi connectivity index (χ1n) is 7.68. The van der Waals surface area contributed by atoms with Crippen LogP contribution in [0.3, 0.4) is 0 Å². The van der Waals surface area contributed by atoms with Crippen LogP contribution in [0.15, 0.2) is 18.3 Å². The molecule has 0 aliphatic heterocycles. The first-order valence-corrected chi connectivity index (χ1v) is 7.68. The highest BCUT2D eigenvalue weighted by atomic mass is 16.1. The lowest BCUT2D eigenvalue weighted by Gasteiger charge is -2.29. The summed E-state index contributed by atoms with van der Waals surface area (Å²) < 4.78 is 0. The molecule has 1 aromatic rings. The van der Waals surface area contributed by atoms with Gasteiger partial charge in [-0.25, -0.2) is 0 Å². The van der Waals surface area contributed by atoms with E-state index in [1.165, 1.54) is 25.7 Å². The lowest BCUT2D eigenvalue weighted by atomic mass is 9.83. The van der Waals surface area contributed by atoms with Crippen molar-refractivity contribution >= 4 is 5.91 Å². The Labute approximate surface area is 121 Å². The molecule has 0 aromatic carbocycles. The maximum Gasteiger partial charge on any atom is 0.251 e. The van der Waals surface area contributed by atoms with Crippen LogP contribution in [0.5, 0.6) is 0 Å². The highest BCUT2D eigenvalue weighted by molar-refractivity contribution is 5.94.